The predicted octanol–water partition coefficient (Wildman–Crippen LogP) is 4.84. The number of methoxy groups -OCH3 is 1. The second-order valence-electron chi connectivity index (χ2n) is 5.91. The molecule has 1 aromatic carbocycles. The van der Waals surface area contributed by atoms with Crippen molar-refractivity contribution in [3.63, 3.8) is 0 Å². The van der Waals surface area contributed by atoms with E-state index in [0.717, 1.165) is 17.8 Å². The van der Waals surface area contributed by atoms with Crippen LogP contribution in [0.1, 0.15) is 50.4 Å². The van der Waals surface area contributed by atoms with Crippen molar-refractivity contribution in [2.45, 2.75) is 44.5 Å². The van der Waals surface area contributed by atoms with Crippen LogP contribution in [0.5, 0.6) is 5.75 Å². The van der Waals surface area contributed by atoms with Gasteiger partial charge in [0.1, 0.15) is 5.82 Å². The normalized spacial score (nSPS) is 23.7. The van der Waals surface area contributed by atoms with E-state index >= 15 is 0 Å². The highest BCUT2D eigenvalue weighted by atomic mass is 35.5. The van der Waals surface area contributed by atoms with Crippen LogP contribution in [0.25, 0.3) is 11.0 Å². The van der Waals surface area contributed by atoms with Crippen molar-refractivity contribution in [2.75, 3.05) is 7.11 Å². The second-order valence-corrected chi connectivity index (χ2v) is 6.56. The van der Waals surface area contributed by atoms with E-state index in [2.05, 4.69) is 16.5 Å². The first-order valence-corrected chi connectivity index (χ1v) is 7.86. The van der Waals surface area contributed by atoms with Gasteiger partial charge in [0.25, 0.3) is 0 Å². The molecule has 1 fully saturated rings. The largest absolute Gasteiger partial charge is 0.494 e. The van der Waals surface area contributed by atoms with Crippen molar-refractivity contribution in [1.29, 1.82) is 0 Å². The molecule has 1 saturated carbocycles. The first kappa shape index (κ1) is 14.6. The molecule has 1 aliphatic rings. The standard InChI is InChI=1S/C16H20ClFN2O/c1-9-5-4-6-13(9)20-14-8-15(21-3)11(18)7-12(14)19-16(20)10(2)17/h7-10,13H,4-6H2,1-3H3. The number of rotatable bonds is 3. The lowest BCUT2D eigenvalue weighted by Crippen LogP contribution is -2.15. The second kappa shape index (κ2) is 5.48. The minimum atomic E-state index is -0.386. The van der Waals surface area contributed by atoms with Crippen LogP contribution in [0.2, 0.25) is 0 Å². The molecule has 3 rings (SSSR count). The van der Waals surface area contributed by atoms with Crippen molar-refractivity contribution in [3.8, 4) is 5.75 Å². The summed E-state index contributed by atoms with van der Waals surface area (Å²) in [7, 11) is 1.48. The molecule has 1 aromatic heterocycles. The molecule has 2 aromatic rings. The van der Waals surface area contributed by atoms with Gasteiger partial charge in [0.15, 0.2) is 11.6 Å². The summed E-state index contributed by atoms with van der Waals surface area (Å²) in [4.78, 5) is 4.56. The fourth-order valence-corrected chi connectivity index (χ4v) is 3.56. The molecule has 1 aliphatic carbocycles. The molecule has 1 heterocycles. The zero-order valence-corrected chi connectivity index (χ0v) is 13.3. The average Bonchev–Trinajstić information content (AvgIpc) is 3.00. The molecular formula is C16H20ClFN2O. The Balaban J connectivity index is 2.25. The number of alkyl halides is 1. The monoisotopic (exact) mass is 310 g/mol. The molecule has 3 atom stereocenters. The van der Waals surface area contributed by atoms with Gasteiger partial charge in [-0.3, -0.25) is 0 Å². The third-order valence-electron chi connectivity index (χ3n) is 4.49. The van der Waals surface area contributed by atoms with Crippen molar-refractivity contribution in [1.82, 2.24) is 9.55 Å². The Morgan fingerprint density at radius 2 is 2.19 bits per heavy atom. The molecule has 0 bridgehead atoms. The quantitative estimate of drug-likeness (QED) is 0.758. The number of benzene rings is 1. The van der Waals surface area contributed by atoms with Crippen molar-refractivity contribution in [3.05, 3.63) is 23.8 Å². The minimum Gasteiger partial charge on any atom is -0.494 e. The van der Waals surface area contributed by atoms with Gasteiger partial charge in [-0.2, -0.15) is 0 Å². The summed E-state index contributed by atoms with van der Waals surface area (Å²) in [5.74, 6) is 1.26. The number of fused-ring (bicyclic) bond motifs is 1. The molecule has 3 unspecified atom stereocenters. The van der Waals surface area contributed by atoms with Gasteiger partial charge in [-0.05, 0) is 25.7 Å². The van der Waals surface area contributed by atoms with E-state index in [0.29, 0.717) is 17.5 Å². The Hall–Kier alpha value is -1.29. The summed E-state index contributed by atoms with van der Waals surface area (Å²) in [6.07, 6.45) is 3.53. The zero-order chi connectivity index (χ0) is 15.1. The molecule has 0 spiro atoms. The number of hydrogen-bond donors (Lipinski definition) is 0. The molecule has 21 heavy (non-hydrogen) atoms. The first-order valence-electron chi connectivity index (χ1n) is 7.42. The van der Waals surface area contributed by atoms with E-state index in [1.54, 1.807) is 6.07 Å². The van der Waals surface area contributed by atoms with Gasteiger partial charge < -0.3 is 9.30 Å². The smallest absolute Gasteiger partial charge is 0.167 e. The van der Waals surface area contributed by atoms with Gasteiger partial charge >= 0.3 is 0 Å². The maximum Gasteiger partial charge on any atom is 0.167 e. The summed E-state index contributed by atoms with van der Waals surface area (Å²) in [5.41, 5.74) is 1.56. The van der Waals surface area contributed by atoms with Crippen LogP contribution in [0.4, 0.5) is 4.39 Å². The molecular weight excluding hydrogens is 291 g/mol. The van der Waals surface area contributed by atoms with E-state index in [-0.39, 0.29) is 16.9 Å². The lowest BCUT2D eigenvalue weighted by Gasteiger charge is -2.22. The molecule has 0 saturated heterocycles. The van der Waals surface area contributed by atoms with Crippen molar-refractivity contribution in [2.24, 2.45) is 5.92 Å². The zero-order valence-electron chi connectivity index (χ0n) is 12.6. The number of halogens is 2. The SMILES string of the molecule is COc1cc2c(cc1F)nc(C(C)Cl)n2C1CCCC1C. The lowest BCUT2D eigenvalue weighted by molar-refractivity contribution is 0.385. The maximum atomic E-state index is 13.9. The molecule has 0 N–H and O–H groups in total. The number of hydrogen-bond acceptors (Lipinski definition) is 2. The van der Waals surface area contributed by atoms with E-state index in [1.165, 1.54) is 26.0 Å². The highest BCUT2D eigenvalue weighted by molar-refractivity contribution is 6.20. The molecule has 0 amide bonds. The van der Waals surface area contributed by atoms with E-state index in [4.69, 9.17) is 16.3 Å². The van der Waals surface area contributed by atoms with E-state index in [1.807, 2.05) is 6.92 Å². The summed E-state index contributed by atoms with van der Waals surface area (Å²) >= 11 is 6.31. The molecule has 114 valence electrons. The summed E-state index contributed by atoms with van der Waals surface area (Å²) < 4.78 is 21.2. The Bertz CT molecular complexity index is 668. The Kier molecular flexibility index (Phi) is 3.82. The van der Waals surface area contributed by atoms with Crippen LogP contribution in [-0.4, -0.2) is 16.7 Å². The van der Waals surface area contributed by atoms with Gasteiger partial charge in [0.2, 0.25) is 0 Å². The molecule has 5 heteroatoms. The van der Waals surface area contributed by atoms with Crippen LogP contribution in [0.3, 0.4) is 0 Å². The summed E-state index contributed by atoms with van der Waals surface area (Å²) in [6.45, 7) is 4.17. The van der Waals surface area contributed by atoms with Crippen LogP contribution < -0.4 is 4.74 Å². The number of nitrogens with zero attached hydrogens (tertiary/aromatic N) is 2. The number of ether oxygens (including phenoxy) is 1. The van der Waals surface area contributed by atoms with E-state index in [9.17, 15) is 4.39 Å². The summed E-state index contributed by atoms with van der Waals surface area (Å²) in [5, 5.41) is -0.209. The van der Waals surface area contributed by atoms with Crippen LogP contribution in [-0.2, 0) is 0 Å². The third-order valence-corrected chi connectivity index (χ3v) is 4.69. The van der Waals surface area contributed by atoms with Gasteiger partial charge in [-0.25, -0.2) is 9.37 Å². The number of aromatic nitrogens is 2. The summed E-state index contributed by atoms with van der Waals surface area (Å²) in [6, 6.07) is 3.56. The molecule has 0 radical (unpaired) electrons. The number of imidazole rings is 1. The fraction of sp³-hybridized carbons (Fsp3) is 0.562. The van der Waals surface area contributed by atoms with E-state index < -0.39 is 0 Å². The Morgan fingerprint density at radius 1 is 1.43 bits per heavy atom. The van der Waals surface area contributed by atoms with Crippen molar-refractivity contribution >= 4 is 22.6 Å². The Morgan fingerprint density at radius 3 is 2.76 bits per heavy atom. The maximum absolute atomic E-state index is 13.9. The lowest BCUT2D eigenvalue weighted by atomic mass is 10.1. The van der Waals surface area contributed by atoms with Gasteiger partial charge in [0, 0.05) is 18.2 Å². The van der Waals surface area contributed by atoms with Gasteiger partial charge in [-0.1, -0.05) is 13.3 Å². The molecule has 0 aliphatic heterocycles. The van der Waals surface area contributed by atoms with Crippen LogP contribution in [0.15, 0.2) is 12.1 Å². The van der Waals surface area contributed by atoms with Crippen molar-refractivity contribution < 1.29 is 9.13 Å². The molecule has 3 nitrogen and oxygen atoms in total. The van der Waals surface area contributed by atoms with Crippen LogP contribution >= 0.6 is 11.6 Å². The highest BCUT2D eigenvalue weighted by Crippen LogP contribution is 2.41. The Labute approximate surface area is 129 Å². The first-order chi connectivity index (χ1) is 10.0. The highest BCUT2D eigenvalue weighted by Gasteiger charge is 2.30. The fourth-order valence-electron chi connectivity index (χ4n) is 3.41. The third kappa shape index (κ3) is 2.39. The predicted molar refractivity (Wildman–Crippen MR) is 82.6 cm³/mol. The average molecular weight is 311 g/mol. The van der Waals surface area contributed by atoms with Gasteiger partial charge in [-0.15, -0.1) is 11.6 Å². The van der Waals surface area contributed by atoms with Crippen LogP contribution in [0, 0.1) is 11.7 Å². The minimum absolute atomic E-state index is 0.209. The van der Waals surface area contributed by atoms with Gasteiger partial charge in [0.05, 0.1) is 23.5 Å². The topological polar surface area (TPSA) is 27.1 Å².